The molecule has 18 heavy (non-hydrogen) atoms. The van der Waals surface area contributed by atoms with Crippen LogP contribution in [0.15, 0.2) is 24.3 Å². The normalized spacial score (nSPS) is 20.0. The highest BCUT2D eigenvalue weighted by atomic mass is 35.5. The highest BCUT2D eigenvalue weighted by Crippen LogP contribution is 2.16. The van der Waals surface area contributed by atoms with Crippen LogP contribution in [0.2, 0.25) is 5.02 Å². The van der Waals surface area contributed by atoms with E-state index < -0.39 is 0 Å². The van der Waals surface area contributed by atoms with Crippen LogP contribution < -0.4 is 5.32 Å². The van der Waals surface area contributed by atoms with Gasteiger partial charge in [0.1, 0.15) is 0 Å². The number of aliphatic hydroxyl groups is 1. The Bertz CT molecular complexity index is 408. The average molecular weight is 269 g/mol. The summed E-state index contributed by atoms with van der Waals surface area (Å²) >= 11 is 5.77. The molecule has 1 amide bonds. The zero-order valence-corrected chi connectivity index (χ0v) is 10.9. The summed E-state index contributed by atoms with van der Waals surface area (Å²) < 4.78 is 0. The summed E-state index contributed by atoms with van der Waals surface area (Å²) in [4.78, 5) is 13.9. The first kappa shape index (κ1) is 13.3. The Morgan fingerprint density at radius 1 is 1.44 bits per heavy atom. The van der Waals surface area contributed by atoms with Crippen molar-refractivity contribution < 1.29 is 9.90 Å². The Hall–Kier alpha value is -1.10. The zero-order chi connectivity index (χ0) is 13.0. The Morgan fingerprint density at radius 2 is 2.17 bits per heavy atom. The fourth-order valence-corrected chi connectivity index (χ4v) is 2.27. The molecule has 1 atom stereocenters. The number of carbonyl (C=O) groups is 1. The van der Waals surface area contributed by atoms with Gasteiger partial charge in [-0.2, -0.15) is 0 Å². The SMILES string of the molecule is O=C(CN1CCC(CO)C1)Nc1ccc(Cl)cc1. The number of nitrogens with one attached hydrogen (secondary N) is 1. The van der Waals surface area contributed by atoms with E-state index in [1.54, 1.807) is 24.3 Å². The van der Waals surface area contributed by atoms with Gasteiger partial charge in [-0.3, -0.25) is 9.69 Å². The summed E-state index contributed by atoms with van der Waals surface area (Å²) in [6.07, 6.45) is 0.963. The molecule has 4 nitrogen and oxygen atoms in total. The van der Waals surface area contributed by atoms with Gasteiger partial charge in [-0.15, -0.1) is 0 Å². The molecule has 2 N–H and O–H groups in total. The highest BCUT2D eigenvalue weighted by molar-refractivity contribution is 6.30. The van der Waals surface area contributed by atoms with E-state index in [2.05, 4.69) is 10.2 Å². The molecule has 1 unspecified atom stereocenters. The predicted molar refractivity (Wildman–Crippen MR) is 71.7 cm³/mol. The fourth-order valence-electron chi connectivity index (χ4n) is 2.14. The number of benzene rings is 1. The van der Waals surface area contributed by atoms with E-state index in [-0.39, 0.29) is 12.5 Å². The lowest BCUT2D eigenvalue weighted by molar-refractivity contribution is -0.117. The van der Waals surface area contributed by atoms with E-state index in [9.17, 15) is 4.79 Å². The van der Waals surface area contributed by atoms with Crippen molar-refractivity contribution in [3.8, 4) is 0 Å². The first-order valence-electron chi connectivity index (χ1n) is 6.06. The van der Waals surface area contributed by atoms with Gasteiger partial charge in [0.15, 0.2) is 0 Å². The lowest BCUT2D eigenvalue weighted by Gasteiger charge is -2.15. The van der Waals surface area contributed by atoms with Gasteiger partial charge < -0.3 is 10.4 Å². The highest BCUT2D eigenvalue weighted by Gasteiger charge is 2.23. The molecule has 2 rings (SSSR count). The number of amides is 1. The molecule has 1 heterocycles. The standard InChI is InChI=1S/C13H17ClN2O2/c14-11-1-3-12(4-2-11)15-13(18)8-16-6-5-10(7-16)9-17/h1-4,10,17H,5-9H2,(H,15,18). The molecule has 1 saturated heterocycles. The van der Waals surface area contributed by atoms with Crippen molar-refractivity contribution >= 4 is 23.2 Å². The minimum atomic E-state index is -0.0316. The number of nitrogens with zero attached hydrogens (tertiary/aromatic N) is 1. The van der Waals surface area contributed by atoms with E-state index in [1.165, 1.54) is 0 Å². The largest absolute Gasteiger partial charge is 0.396 e. The molecule has 0 aromatic heterocycles. The minimum absolute atomic E-state index is 0.0316. The van der Waals surface area contributed by atoms with Crippen LogP contribution in [0.5, 0.6) is 0 Å². The summed E-state index contributed by atoms with van der Waals surface area (Å²) in [7, 11) is 0. The van der Waals surface area contributed by atoms with E-state index in [4.69, 9.17) is 16.7 Å². The average Bonchev–Trinajstić information content (AvgIpc) is 2.79. The van der Waals surface area contributed by atoms with Crippen molar-refractivity contribution in [3.05, 3.63) is 29.3 Å². The maximum atomic E-state index is 11.8. The minimum Gasteiger partial charge on any atom is -0.396 e. The molecule has 0 saturated carbocycles. The van der Waals surface area contributed by atoms with Crippen molar-refractivity contribution in [1.82, 2.24) is 4.90 Å². The number of carbonyl (C=O) groups excluding carboxylic acids is 1. The van der Waals surface area contributed by atoms with Crippen LogP contribution in [0.4, 0.5) is 5.69 Å². The van der Waals surface area contributed by atoms with Gasteiger partial charge in [0, 0.05) is 23.9 Å². The molecule has 0 spiro atoms. The topological polar surface area (TPSA) is 52.6 Å². The lowest BCUT2D eigenvalue weighted by atomic mass is 10.1. The van der Waals surface area contributed by atoms with Gasteiger partial charge in [0.2, 0.25) is 5.91 Å². The van der Waals surface area contributed by atoms with Crippen molar-refractivity contribution in [2.24, 2.45) is 5.92 Å². The molecule has 0 bridgehead atoms. The van der Waals surface area contributed by atoms with Crippen molar-refractivity contribution in [3.63, 3.8) is 0 Å². The zero-order valence-electron chi connectivity index (χ0n) is 10.1. The third-order valence-corrected chi connectivity index (χ3v) is 3.38. The summed E-state index contributed by atoms with van der Waals surface area (Å²) in [5, 5.41) is 12.5. The van der Waals surface area contributed by atoms with Crippen LogP contribution in [-0.2, 0) is 4.79 Å². The van der Waals surface area contributed by atoms with Crippen LogP contribution in [0.25, 0.3) is 0 Å². The van der Waals surface area contributed by atoms with E-state index >= 15 is 0 Å². The third kappa shape index (κ3) is 3.70. The summed E-state index contributed by atoms with van der Waals surface area (Å²) in [5.41, 5.74) is 0.752. The first-order valence-corrected chi connectivity index (χ1v) is 6.44. The van der Waals surface area contributed by atoms with Gasteiger partial charge >= 0.3 is 0 Å². The number of rotatable bonds is 4. The van der Waals surface area contributed by atoms with Crippen LogP contribution in [0.1, 0.15) is 6.42 Å². The Morgan fingerprint density at radius 3 is 2.78 bits per heavy atom. The fraction of sp³-hybridized carbons (Fsp3) is 0.462. The van der Waals surface area contributed by atoms with Crippen LogP contribution in [0.3, 0.4) is 0 Å². The predicted octanol–water partition coefficient (Wildman–Crippen LogP) is 1.59. The summed E-state index contributed by atoms with van der Waals surface area (Å²) in [6, 6.07) is 7.05. The number of likely N-dealkylation sites (tertiary alicyclic amines) is 1. The first-order chi connectivity index (χ1) is 8.67. The Balaban J connectivity index is 1.80. The third-order valence-electron chi connectivity index (χ3n) is 3.12. The number of hydrogen-bond acceptors (Lipinski definition) is 3. The summed E-state index contributed by atoms with van der Waals surface area (Å²) in [6.45, 7) is 2.25. The molecular formula is C13H17ClN2O2. The molecule has 98 valence electrons. The molecule has 1 aromatic rings. The van der Waals surface area contributed by atoms with Crippen LogP contribution in [0, 0.1) is 5.92 Å². The van der Waals surface area contributed by atoms with Gasteiger partial charge in [-0.25, -0.2) is 0 Å². The Kier molecular flexibility index (Phi) is 4.58. The van der Waals surface area contributed by atoms with Gasteiger partial charge in [-0.05, 0) is 43.1 Å². The monoisotopic (exact) mass is 268 g/mol. The van der Waals surface area contributed by atoms with E-state index in [1.807, 2.05) is 0 Å². The molecule has 1 aliphatic heterocycles. The molecular weight excluding hydrogens is 252 g/mol. The van der Waals surface area contributed by atoms with Gasteiger partial charge in [0.25, 0.3) is 0 Å². The molecule has 0 aliphatic carbocycles. The second kappa shape index (κ2) is 6.18. The molecule has 5 heteroatoms. The number of aliphatic hydroxyl groups excluding tert-OH is 1. The van der Waals surface area contributed by atoms with Crippen LogP contribution >= 0.6 is 11.6 Å². The molecule has 1 fully saturated rings. The number of halogens is 1. The maximum Gasteiger partial charge on any atom is 0.238 e. The second-order valence-electron chi connectivity index (χ2n) is 4.63. The number of hydrogen-bond donors (Lipinski definition) is 2. The van der Waals surface area contributed by atoms with Crippen LogP contribution in [-0.4, -0.2) is 42.2 Å². The van der Waals surface area contributed by atoms with Crippen molar-refractivity contribution in [2.75, 3.05) is 31.6 Å². The smallest absolute Gasteiger partial charge is 0.238 e. The van der Waals surface area contributed by atoms with E-state index in [0.29, 0.717) is 17.5 Å². The van der Waals surface area contributed by atoms with Crippen molar-refractivity contribution in [2.45, 2.75) is 6.42 Å². The Labute approximate surface area is 112 Å². The second-order valence-corrected chi connectivity index (χ2v) is 5.06. The molecule has 0 radical (unpaired) electrons. The quantitative estimate of drug-likeness (QED) is 0.872. The van der Waals surface area contributed by atoms with Crippen molar-refractivity contribution in [1.29, 1.82) is 0 Å². The lowest BCUT2D eigenvalue weighted by Crippen LogP contribution is -2.31. The number of anilines is 1. The van der Waals surface area contributed by atoms with E-state index in [0.717, 1.165) is 25.2 Å². The molecule has 1 aliphatic rings. The summed E-state index contributed by atoms with van der Waals surface area (Å²) in [5.74, 6) is 0.282. The molecule has 1 aromatic carbocycles. The van der Waals surface area contributed by atoms with Gasteiger partial charge in [-0.1, -0.05) is 11.6 Å². The van der Waals surface area contributed by atoms with Gasteiger partial charge in [0.05, 0.1) is 6.54 Å². The maximum absolute atomic E-state index is 11.8.